The van der Waals surface area contributed by atoms with Gasteiger partial charge in [0.25, 0.3) is 0 Å². The van der Waals surface area contributed by atoms with E-state index in [-0.39, 0.29) is 41.9 Å². The number of hydrogen-bond donors (Lipinski definition) is 1. The summed E-state index contributed by atoms with van der Waals surface area (Å²) in [6.07, 6.45) is 2.14. The summed E-state index contributed by atoms with van der Waals surface area (Å²) in [5.41, 5.74) is 0.952. The third kappa shape index (κ3) is 6.84. The van der Waals surface area contributed by atoms with Gasteiger partial charge in [0.2, 0.25) is 0 Å². The quantitative estimate of drug-likeness (QED) is 0.349. The summed E-state index contributed by atoms with van der Waals surface area (Å²) in [4.78, 5) is 8.82. The fourth-order valence-corrected chi connectivity index (χ4v) is 3.71. The second kappa shape index (κ2) is 12.1. The largest absolute Gasteiger partial charge is 0.490 e. The molecule has 2 aromatic carbocycles. The number of ether oxygens (including phenoxy) is 1. The molecule has 1 saturated heterocycles. The van der Waals surface area contributed by atoms with Gasteiger partial charge in [-0.15, -0.1) is 24.0 Å². The molecule has 2 aromatic rings. The van der Waals surface area contributed by atoms with Crippen molar-refractivity contribution in [3.05, 3.63) is 66.0 Å². The van der Waals surface area contributed by atoms with Crippen LogP contribution in [0.5, 0.6) is 5.75 Å². The summed E-state index contributed by atoms with van der Waals surface area (Å²) < 4.78 is 19.7. The minimum absolute atomic E-state index is 0. The van der Waals surface area contributed by atoms with Crippen molar-refractivity contribution < 1.29 is 9.13 Å². The Kier molecular flexibility index (Phi) is 9.84. The van der Waals surface area contributed by atoms with E-state index in [1.165, 1.54) is 6.07 Å². The lowest BCUT2D eigenvalue weighted by Gasteiger charge is -2.35. The molecule has 0 aliphatic carbocycles. The molecule has 1 unspecified atom stereocenters. The summed E-state index contributed by atoms with van der Waals surface area (Å²) in [6.45, 7) is 2.44. The summed E-state index contributed by atoms with van der Waals surface area (Å²) >= 11 is 0. The normalized spacial score (nSPS) is 16.2. The number of likely N-dealkylation sites (N-methyl/N-ethyl adjacent to an activating group) is 1. The zero-order valence-electron chi connectivity index (χ0n) is 17.9. The fraction of sp³-hybridized carbons (Fsp3) is 0.435. The lowest BCUT2D eigenvalue weighted by atomic mass is 10.1. The van der Waals surface area contributed by atoms with Crippen molar-refractivity contribution in [2.45, 2.75) is 25.0 Å². The van der Waals surface area contributed by atoms with Gasteiger partial charge < -0.3 is 19.9 Å². The number of likely N-dealkylation sites (tertiary alicyclic amines) is 1. The molecule has 0 aromatic heterocycles. The van der Waals surface area contributed by atoms with Crippen LogP contribution in [0.15, 0.2) is 59.6 Å². The third-order valence-corrected chi connectivity index (χ3v) is 5.31. The topological polar surface area (TPSA) is 40.1 Å². The molecule has 30 heavy (non-hydrogen) atoms. The molecule has 164 valence electrons. The second-order valence-corrected chi connectivity index (χ2v) is 7.58. The minimum Gasteiger partial charge on any atom is -0.490 e. The Morgan fingerprint density at radius 2 is 1.87 bits per heavy atom. The number of aliphatic imine (C=N–C) groups is 1. The molecule has 0 saturated carbocycles. The molecule has 0 bridgehead atoms. The lowest BCUT2D eigenvalue weighted by molar-refractivity contribution is 0.129. The van der Waals surface area contributed by atoms with Crippen LogP contribution in [0, 0.1) is 5.82 Å². The van der Waals surface area contributed by atoms with Gasteiger partial charge in [0.05, 0.1) is 6.04 Å². The predicted octanol–water partition coefficient (Wildman–Crippen LogP) is 4.17. The standard InChI is InChI=1S/C23H31FN4O.HI/c1-25-23(26-17-22(27(2)3)18-8-7-9-19(24)16-18)28-14-12-21(13-15-28)29-20-10-5-4-6-11-20;/h4-11,16,21-22H,12-15,17H2,1-3H3,(H,25,26);1H. The first-order valence-corrected chi connectivity index (χ1v) is 10.2. The van der Waals surface area contributed by atoms with Crippen LogP contribution < -0.4 is 10.1 Å². The van der Waals surface area contributed by atoms with Crippen molar-refractivity contribution in [1.82, 2.24) is 15.1 Å². The predicted molar refractivity (Wildman–Crippen MR) is 131 cm³/mol. The minimum atomic E-state index is -0.209. The van der Waals surface area contributed by atoms with Crippen molar-refractivity contribution in [3.8, 4) is 5.75 Å². The number of piperidine rings is 1. The van der Waals surface area contributed by atoms with E-state index in [1.54, 1.807) is 12.1 Å². The Labute approximate surface area is 196 Å². The molecule has 1 heterocycles. The number of halogens is 2. The molecular weight excluding hydrogens is 494 g/mol. The molecule has 0 radical (unpaired) electrons. The number of para-hydroxylation sites is 1. The Hall–Kier alpha value is -1.87. The zero-order chi connectivity index (χ0) is 20.6. The van der Waals surface area contributed by atoms with Crippen molar-refractivity contribution >= 4 is 29.9 Å². The average Bonchev–Trinajstić information content (AvgIpc) is 2.72. The number of hydrogen-bond acceptors (Lipinski definition) is 3. The highest BCUT2D eigenvalue weighted by atomic mass is 127. The Balaban J connectivity index is 0.00000320. The first-order valence-electron chi connectivity index (χ1n) is 10.2. The Morgan fingerprint density at radius 1 is 1.17 bits per heavy atom. The molecule has 1 aliphatic rings. The maximum Gasteiger partial charge on any atom is 0.193 e. The molecule has 0 amide bonds. The first-order chi connectivity index (χ1) is 14.1. The summed E-state index contributed by atoms with van der Waals surface area (Å²) in [5, 5.41) is 3.47. The number of rotatable bonds is 6. The summed E-state index contributed by atoms with van der Waals surface area (Å²) in [6, 6.07) is 16.8. The van der Waals surface area contributed by atoms with E-state index in [2.05, 4.69) is 20.1 Å². The SMILES string of the molecule is CN=C(NCC(c1cccc(F)c1)N(C)C)N1CCC(Oc2ccccc2)CC1.I. The molecule has 1 N–H and O–H groups in total. The molecule has 1 fully saturated rings. The van der Waals surface area contributed by atoms with Gasteiger partial charge in [-0.3, -0.25) is 4.99 Å². The highest BCUT2D eigenvalue weighted by Gasteiger charge is 2.24. The third-order valence-electron chi connectivity index (χ3n) is 5.31. The number of guanidine groups is 1. The molecule has 5 nitrogen and oxygen atoms in total. The van der Waals surface area contributed by atoms with E-state index >= 15 is 0 Å². The van der Waals surface area contributed by atoms with Crippen LogP contribution in [0.2, 0.25) is 0 Å². The van der Waals surface area contributed by atoms with Gasteiger partial charge in [0.1, 0.15) is 17.7 Å². The van der Waals surface area contributed by atoms with Crippen molar-refractivity contribution in [1.29, 1.82) is 0 Å². The van der Waals surface area contributed by atoms with Crippen LogP contribution in [0.3, 0.4) is 0 Å². The van der Waals surface area contributed by atoms with Crippen LogP contribution in [0.4, 0.5) is 4.39 Å². The molecule has 1 aliphatic heterocycles. The second-order valence-electron chi connectivity index (χ2n) is 7.58. The number of nitrogens with zero attached hydrogens (tertiary/aromatic N) is 3. The number of benzene rings is 2. The Morgan fingerprint density at radius 3 is 2.47 bits per heavy atom. The van der Waals surface area contributed by atoms with Crippen LogP contribution in [-0.4, -0.2) is 62.6 Å². The molecule has 0 spiro atoms. The van der Waals surface area contributed by atoms with Gasteiger partial charge in [-0.25, -0.2) is 4.39 Å². The van der Waals surface area contributed by atoms with E-state index in [4.69, 9.17) is 4.74 Å². The van der Waals surface area contributed by atoms with Gasteiger partial charge in [-0.05, 0) is 43.9 Å². The highest BCUT2D eigenvalue weighted by Crippen LogP contribution is 2.20. The van der Waals surface area contributed by atoms with E-state index < -0.39 is 0 Å². The van der Waals surface area contributed by atoms with Crippen LogP contribution in [-0.2, 0) is 0 Å². The highest BCUT2D eigenvalue weighted by molar-refractivity contribution is 14.0. The van der Waals surface area contributed by atoms with Gasteiger partial charge >= 0.3 is 0 Å². The van der Waals surface area contributed by atoms with Gasteiger partial charge in [-0.2, -0.15) is 0 Å². The van der Waals surface area contributed by atoms with Gasteiger partial charge in [0.15, 0.2) is 5.96 Å². The average molecular weight is 526 g/mol. The van der Waals surface area contributed by atoms with E-state index in [1.807, 2.05) is 57.5 Å². The van der Waals surface area contributed by atoms with E-state index in [0.29, 0.717) is 6.54 Å². The van der Waals surface area contributed by atoms with E-state index in [9.17, 15) is 4.39 Å². The van der Waals surface area contributed by atoms with Gasteiger partial charge in [0, 0.05) is 39.5 Å². The van der Waals surface area contributed by atoms with E-state index in [0.717, 1.165) is 43.2 Å². The number of nitrogens with one attached hydrogen (secondary N) is 1. The van der Waals surface area contributed by atoms with Crippen LogP contribution in [0.1, 0.15) is 24.4 Å². The fourth-order valence-electron chi connectivity index (χ4n) is 3.71. The molecule has 1 atom stereocenters. The van der Waals surface area contributed by atoms with Gasteiger partial charge in [-0.1, -0.05) is 30.3 Å². The zero-order valence-corrected chi connectivity index (χ0v) is 20.3. The van der Waals surface area contributed by atoms with Crippen molar-refractivity contribution in [3.63, 3.8) is 0 Å². The summed E-state index contributed by atoms with van der Waals surface area (Å²) in [5.74, 6) is 1.60. The summed E-state index contributed by atoms with van der Waals surface area (Å²) in [7, 11) is 5.82. The Bertz CT molecular complexity index is 795. The molecular formula is C23H32FIN4O. The molecule has 3 rings (SSSR count). The first kappa shape index (κ1) is 24.4. The smallest absolute Gasteiger partial charge is 0.193 e. The lowest BCUT2D eigenvalue weighted by Crippen LogP contribution is -2.49. The monoisotopic (exact) mass is 526 g/mol. The van der Waals surface area contributed by atoms with Crippen molar-refractivity contribution in [2.75, 3.05) is 40.8 Å². The maximum absolute atomic E-state index is 13.7. The molecule has 7 heteroatoms. The maximum atomic E-state index is 13.7. The van der Waals surface area contributed by atoms with Crippen LogP contribution in [0.25, 0.3) is 0 Å². The van der Waals surface area contributed by atoms with Crippen LogP contribution >= 0.6 is 24.0 Å². The van der Waals surface area contributed by atoms with Crippen molar-refractivity contribution in [2.24, 2.45) is 4.99 Å².